The van der Waals surface area contributed by atoms with Gasteiger partial charge < -0.3 is 14.2 Å². The summed E-state index contributed by atoms with van der Waals surface area (Å²) < 4.78 is 7.56. The Kier molecular flexibility index (Phi) is 5.48. The molecule has 4 heterocycles. The number of aryl methyl sites for hydroxylation is 1. The van der Waals surface area contributed by atoms with Gasteiger partial charge in [-0.2, -0.15) is 5.26 Å². The fraction of sp³-hybridized carbons (Fsp3) is 0.375. The Labute approximate surface area is 201 Å². The quantitative estimate of drug-likeness (QED) is 0.545. The molecular weight excluding hydrogens is 461 g/mol. The second kappa shape index (κ2) is 8.21. The molecule has 3 atom stereocenters. The zero-order chi connectivity index (χ0) is 23.4. The Bertz CT molecular complexity index is 1370. The van der Waals surface area contributed by atoms with Crippen molar-refractivity contribution in [2.75, 3.05) is 24.6 Å². The van der Waals surface area contributed by atoms with Crippen LogP contribution in [0.3, 0.4) is 0 Å². The van der Waals surface area contributed by atoms with Crippen molar-refractivity contribution in [3.05, 3.63) is 62.0 Å². The molecule has 1 fully saturated rings. The second-order valence-corrected chi connectivity index (χ2v) is 9.57. The maximum absolute atomic E-state index is 13.0. The monoisotopic (exact) mass is 483 g/mol. The van der Waals surface area contributed by atoms with Crippen molar-refractivity contribution in [2.45, 2.75) is 32.0 Å². The third kappa shape index (κ3) is 3.54. The van der Waals surface area contributed by atoms with Crippen LogP contribution in [0.25, 0.3) is 11.0 Å². The standard InChI is InChI=1S/C24H23Cl2N5O2/c1-13-10-31-17(11-30(13)14(2)18-6-4-15(25)8-19(18)26)12-33-23-22(31)21-20(29(3)24(23)32)7-5-16(9-27)28-21/h4-8,13-14,17H,10-12H2,1-3H3/t13-,14-,17+/m1/s1. The number of halogens is 2. The van der Waals surface area contributed by atoms with Crippen molar-refractivity contribution in [3.63, 3.8) is 0 Å². The Morgan fingerprint density at radius 3 is 2.76 bits per heavy atom. The van der Waals surface area contributed by atoms with E-state index in [-0.39, 0.29) is 23.7 Å². The predicted octanol–water partition coefficient (Wildman–Crippen LogP) is 4.14. The van der Waals surface area contributed by atoms with E-state index in [1.807, 2.05) is 12.1 Å². The van der Waals surface area contributed by atoms with Gasteiger partial charge in [0, 0.05) is 42.3 Å². The van der Waals surface area contributed by atoms with Crippen molar-refractivity contribution in [1.82, 2.24) is 14.5 Å². The normalized spacial score (nSPS) is 21.2. The lowest BCUT2D eigenvalue weighted by Gasteiger charge is -2.50. The second-order valence-electron chi connectivity index (χ2n) is 8.72. The molecule has 0 unspecified atom stereocenters. The van der Waals surface area contributed by atoms with Crippen LogP contribution in [-0.2, 0) is 7.05 Å². The van der Waals surface area contributed by atoms with Crippen LogP contribution < -0.4 is 15.2 Å². The third-order valence-corrected chi connectivity index (χ3v) is 7.36. The molecule has 0 bridgehead atoms. The molecule has 170 valence electrons. The first kappa shape index (κ1) is 22.0. The van der Waals surface area contributed by atoms with Crippen LogP contribution in [0.15, 0.2) is 35.1 Å². The molecule has 2 aliphatic rings. The molecule has 1 saturated heterocycles. The number of benzene rings is 1. The Balaban J connectivity index is 1.55. The smallest absolute Gasteiger partial charge is 0.295 e. The van der Waals surface area contributed by atoms with Crippen LogP contribution in [0.4, 0.5) is 5.69 Å². The number of aromatic nitrogens is 2. The highest BCUT2D eigenvalue weighted by Gasteiger charge is 2.40. The molecule has 1 aromatic carbocycles. The average molecular weight is 484 g/mol. The van der Waals surface area contributed by atoms with E-state index in [2.05, 4.69) is 34.7 Å². The molecular formula is C24H23Cl2N5O2. The van der Waals surface area contributed by atoms with Crippen LogP contribution in [0, 0.1) is 11.3 Å². The minimum absolute atomic E-state index is 0.0325. The maximum Gasteiger partial charge on any atom is 0.295 e. The number of fused-ring (bicyclic) bond motifs is 5. The van der Waals surface area contributed by atoms with E-state index in [1.54, 1.807) is 25.2 Å². The summed E-state index contributed by atoms with van der Waals surface area (Å²) in [5.41, 5.74) is 3.12. The molecule has 0 saturated carbocycles. The molecule has 0 radical (unpaired) electrons. The molecule has 3 aromatic rings. The number of hydrogen-bond acceptors (Lipinski definition) is 6. The summed E-state index contributed by atoms with van der Waals surface area (Å²) in [4.78, 5) is 22.2. The zero-order valence-electron chi connectivity index (χ0n) is 18.5. The highest BCUT2D eigenvalue weighted by molar-refractivity contribution is 6.35. The Morgan fingerprint density at radius 2 is 2.03 bits per heavy atom. The van der Waals surface area contributed by atoms with E-state index in [0.29, 0.717) is 51.4 Å². The summed E-state index contributed by atoms with van der Waals surface area (Å²) in [6.07, 6.45) is 0. The first-order valence-corrected chi connectivity index (χ1v) is 11.6. The summed E-state index contributed by atoms with van der Waals surface area (Å²) >= 11 is 12.6. The first-order valence-electron chi connectivity index (χ1n) is 10.8. The molecule has 2 aliphatic heterocycles. The van der Waals surface area contributed by atoms with Gasteiger partial charge in [0.05, 0.1) is 11.6 Å². The Morgan fingerprint density at radius 1 is 1.24 bits per heavy atom. The highest BCUT2D eigenvalue weighted by atomic mass is 35.5. The molecule has 7 nitrogen and oxygen atoms in total. The fourth-order valence-electron chi connectivity index (χ4n) is 5.04. The van der Waals surface area contributed by atoms with Gasteiger partial charge in [-0.15, -0.1) is 0 Å². The third-order valence-electron chi connectivity index (χ3n) is 6.79. The van der Waals surface area contributed by atoms with Crippen molar-refractivity contribution < 1.29 is 4.74 Å². The Hall–Kier alpha value is -2.79. The van der Waals surface area contributed by atoms with Gasteiger partial charge in [0.15, 0.2) is 0 Å². The predicted molar refractivity (Wildman–Crippen MR) is 129 cm³/mol. The number of rotatable bonds is 2. The lowest BCUT2D eigenvalue weighted by atomic mass is 9.98. The van der Waals surface area contributed by atoms with E-state index in [4.69, 9.17) is 27.9 Å². The topological polar surface area (TPSA) is 74.4 Å². The van der Waals surface area contributed by atoms with E-state index in [9.17, 15) is 10.1 Å². The number of anilines is 1. The van der Waals surface area contributed by atoms with Crippen molar-refractivity contribution in [3.8, 4) is 11.8 Å². The van der Waals surface area contributed by atoms with Crippen LogP contribution in [0.5, 0.6) is 5.75 Å². The van der Waals surface area contributed by atoms with Crippen molar-refractivity contribution in [1.29, 1.82) is 5.26 Å². The van der Waals surface area contributed by atoms with Crippen LogP contribution in [0.1, 0.15) is 31.1 Å². The summed E-state index contributed by atoms with van der Waals surface area (Å²) in [5, 5.41) is 10.7. The number of pyridine rings is 2. The van der Waals surface area contributed by atoms with Gasteiger partial charge in [0.2, 0.25) is 5.75 Å². The summed E-state index contributed by atoms with van der Waals surface area (Å²) in [6, 6.07) is 11.4. The van der Waals surface area contributed by atoms with Gasteiger partial charge in [0.25, 0.3) is 5.56 Å². The number of nitrogens with zero attached hydrogens (tertiary/aromatic N) is 5. The fourth-order valence-corrected chi connectivity index (χ4v) is 5.61. The van der Waals surface area contributed by atoms with Gasteiger partial charge >= 0.3 is 0 Å². The van der Waals surface area contributed by atoms with Gasteiger partial charge in [-0.05, 0) is 43.7 Å². The van der Waals surface area contributed by atoms with Gasteiger partial charge in [-0.25, -0.2) is 4.98 Å². The number of nitriles is 1. The lowest BCUT2D eigenvalue weighted by molar-refractivity contribution is 0.0918. The van der Waals surface area contributed by atoms with Gasteiger partial charge in [-0.1, -0.05) is 29.3 Å². The molecule has 0 spiro atoms. The largest absolute Gasteiger partial charge is 0.484 e. The van der Waals surface area contributed by atoms with E-state index < -0.39 is 0 Å². The van der Waals surface area contributed by atoms with Gasteiger partial charge in [-0.3, -0.25) is 9.69 Å². The molecule has 9 heteroatoms. The maximum atomic E-state index is 13.0. The molecule has 2 aromatic heterocycles. The van der Waals surface area contributed by atoms with Crippen LogP contribution in [-0.4, -0.2) is 46.2 Å². The number of hydrogen-bond donors (Lipinski definition) is 0. The number of piperazine rings is 1. The van der Waals surface area contributed by atoms with Crippen molar-refractivity contribution in [2.24, 2.45) is 7.05 Å². The SMILES string of the molecule is C[C@@H]1CN2c3c(c(=O)n(C)c4ccc(C#N)nc34)OC[C@@H]2CN1[C@H](C)c1ccc(Cl)cc1Cl. The molecule has 0 aliphatic carbocycles. The summed E-state index contributed by atoms with van der Waals surface area (Å²) in [7, 11) is 1.70. The van der Waals surface area contributed by atoms with E-state index >= 15 is 0 Å². The van der Waals surface area contributed by atoms with E-state index in [0.717, 1.165) is 12.1 Å². The average Bonchev–Trinajstić information content (AvgIpc) is 2.80. The van der Waals surface area contributed by atoms with Crippen LogP contribution in [0.2, 0.25) is 10.0 Å². The molecule has 0 N–H and O–H groups in total. The molecule has 0 amide bonds. The molecule has 33 heavy (non-hydrogen) atoms. The zero-order valence-corrected chi connectivity index (χ0v) is 20.1. The number of ether oxygens (including phenoxy) is 1. The van der Waals surface area contributed by atoms with Gasteiger partial charge in [0.1, 0.15) is 29.6 Å². The summed E-state index contributed by atoms with van der Waals surface area (Å²) in [6.45, 7) is 6.14. The first-order chi connectivity index (χ1) is 15.8. The lowest BCUT2D eigenvalue weighted by Crippen LogP contribution is -2.61. The van der Waals surface area contributed by atoms with Crippen LogP contribution >= 0.6 is 23.2 Å². The minimum atomic E-state index is -0.196. The van der Waals surface area contributed by atoms with E-state index in [1.165, 1.54) is 4.57 Å². The van der Waals surface area contributed by atoms with Crippen molar-refractivity contribution >= 4 is 39.9 Å². The molecule has 5 rings (SSSR count). The highest BCUT2D eigenvalue weighted by Crippen LogP contribution is 2.41. The minimum Gasteiger partial charge on any atom is -0.484 e. The summed E-state index contributed by atoms with van der Waals surface area (Å²) in [5.74, 6) is 0.304.